The Bertz CT molecular complexity index is 1050. The van der Waals surface area contributed by atoms with E-state index in [0.29, 0.717) is 21.8 Å². The van der Waals surface area contributed by atoms with Crippen molar-refractivity contribution in [1.29, 1.82) is 0 Å². The summed E-state index contributed by atoms with van der Waals surface area (Å²) < 4.78 is 0. The number of nitrogens with one attached hydrogen (secondary N) is 1. The molecule has 1 heterocycles. The van der Waals surface area contributed by atoms with E-state index in [0.717, 1.165) is 30.2 Å². The molecule has 0 bridgehead atoms. The minimum atomic E-state index is -0.419. The highest BCUT2D eigenvalue weighted by molar-refractivity contribution is 7.99. The van der Waals surface area contributed by atoms with Gasteiger partial charge < -0.3 is 5.32 Å². The van der Waals surface area contributed by atoms with Crippen molar-refractivity contribution in [3.8, 4) is 0 Å². The number of hydrogen-bond donors (Lipinski definition) is 1. The van der Waals surface area contributed by atoms with Gasteiger partial charge in [-0.05, 0) is 23.8 Å². The van der Waals surface area contributed by atoms with Gasteiger partial charge in [-0.3, -0.25) is 14.5 Å². The van der Waals surface area contributed by atoms with Gasteiger partial charge in [0.15, 0.2) is 5.78 Å². The molecule has 0 saturated carbocycles. The predicted molar refractivity (Wildman–Crippen MR) is 128 cm³/mol. The van der Waals surface area contributed by atoms with Crippen molar-refractivity contribution >= 4 is 40.7 Å². The van der Waals surface area contributed by atoms with E-state index in [2.05, 4.69) is 10.2 Å². The molecule has 1 atom stereocenters. The molecule has 1 aliphatic rings. The number of ketones is 1. The molecule has 3 aromatic rings. The van der Waals surface area contributed by atoms with E-state index < -0.39 is 6.04 Å². The monoisotopic (exact) mass is 450 g/mol. The van der Waals surface area contributed by atoms with E-state index in [4.69, 9.17) is 11.6 Å². The van der Waals surface area contributed by atoms with Gasteiger partial charge in [0, 0.05) is 40.7 Å². The van der Waals surface area contributed by atoms with Crippen molar-refractivity contribution in [2.24, 2.45) is 0 Å². The van der Waals surface area contributed by atoms with Gasteiger partial charge in [0.1, 0.15) is 6.04 Å². The number of carbonyl (C=O) groups is 2. The van der Waals surface area contributed by atoms with Crippen LogP contribution in [0.15, 0.2) is 78.9 Å². The lowest BCUT2D eigenvalue weighted by Crippen LogP contribution is -2.42. The molecule has 1 saturated heterocycles. The third-order valence-electron chi connectivity index (χ3n) is 5.29. The normalized spacial score (nSPS) is 15.3. The topological polar surface area (TPSA) is 49.4 Å². The van der Waals surface area contributed by atoms with Gasteiger partial charge in [0.2, 0.25) is 5.91 Å². The van der Waals surface area contributed by atoms with E-state index in [1.807, 2.05) is 60.3 Å². The Labute approximate surface area is 191 Å². The largest absolute Gasteiger partial charge is 0.324 e. The molecule has 1 N–H and O–H groups in total. The molecular weight excluding hydrogens is 428 g/mol. The molecule has 4 rings (SSSR count). The molecule has 0 aliphatic carbocycles. The van der Waals surface area contributed by atoms with Crippen LogP contribution in [0.5, 0.6) is 0 Å². The average molecular weight is 451 g/mol. The summed E-state index contributed by atoms with van der Waals surface area (Å²) in [7, 11) is 0. The van der Waals surface area contributed by atoms with Crippen LogP contribution in [0.3, 0.4) is 0 Å². The molecule has 6 heteroatoms. The van der Waals surface area contributed by atoms with Gasteiger partial charge in [0.25, 0.3) is 0 Å². The minimum Gasteiger partial charge on any atom is -0.324 e. The zero-order chi connectivity index (χ0) is 21.6. The molecule has 1 unspecified atom stereocenters. The second-order valence-corrected chi connectivity index (χ2v) is 9.00. The summed E-state index contributed by atoms with van der Waals surface area (Å²) in [6.45, 7) is 1.68. The molecule has 1 aliphatic heterocycles. The number of thioether (sulfide) groups is 1. The minimum absolute atomic E-state index is 0.150. The highest BCUT2D eigenvalue weighted by atomic mass is 35.5. The number of nitrogens with zero attached hydrogens (tertiary/aromatic N) is 1. The number of carbonyl (C=O) groups excluding carboxylic acids is 2. The summed E-state index contributed by atoms with van der Waals surface area (Å²) >= 11 is 8.09. The van der Waals surface area contributed by atoms with Crippen molar-refractivity contribution in [1.82, 2.24) is 4.90 Å². The van der Waals surface area contributed by atoms with Crippen molar-refractivity contribution in [2.45, 2.75) is 6.04 Å². The lowest BCUT2D eigenvalue weighted by Gasteiger charge is -2.33. The fourth-order valence-corrected chi connectivity index (χ4v) is 4.86. The maximum Gasteiger partial charge on any atom is 0.246 e. The number of benzene rings is 3. The first-order chi connectivity index (χ1) is 15.1. The Balaban J connectivity index is 1.65. The van der Waals surface area contributed by atoms with Gasteiger partial charge in [-0.15, -0.1) is 0 Å². The summed E-state index contributed by atoms with van der Waals surface area (Å²) in [6.07, 6.45) is 0. The molecule has 1 fully saturated rings. The van der Waals surface area contributed by atoms with Crippen molar-refractivity contribution in [3.63, 3.8) is 0 Å². The maximum absolute atomic E-state index is 13.5. The zero-order valence-corrected chi connectivity index (χ0v) is 18.5. The summed E-state index contributed by atoms with van der Waals surface area (Å²) in [5, 5.41) is 3.47. The van der Waals surface area contributed by atoms with E-state index in [1.54, 1.807) is 30.3 Å². The highest BCUT2D eigenvalue weighted by Crippen LogP contribution is 2.28. The first-order valence-corrected chi connectivity index (χ1v) is 11.7. The standard InChI is InChI=1S/C25H23ClN2O2S/c26-20-11-12-22(21(17-20)24(29)19-9-5-2-6-10-19)27-25(30)23(18-7-3-1-4-8-18)28-13-15-31-16-14-28/h1-12,17,23H,13-16H2,(H,27,30). The van der Waals surface area contributed by atoms with Gasteiger partial charge in [0.05, 0.1) is 5.69 Å². The van der Waals surface area contributed by atoms with Crippen LogP contribution in [-0.2, 0) is 4.79 Å². The maximum atomic E-state index is 13.5. The number of amides is 1. The van der Waals surface area contributed by atoms with Crippen molar-refractivity contribution in [2.75, 3.05) is 29.9 Å². The fraction of sp³-hybridized carbons (Fsp3) is 0.200. The molecule has 0 aromatic heterocycles. The second kappa shape index (κ2) is 10.1. The van der Waals surface area contributed by atoms with Crippen molar-refractivity contribution < 1.29 is 9.59 Å². The molecular formula is C25H23ClN2O2S. The summed E-state index contributed by atoms with van der Waals surface area (Å²) in [6, 6.07) is 23.4. The molecule has 158 valence electrons. The van der Waals surface area contributed by atoms with Crippen LogP contribution < -0.4 is 5.32 Å². The van der Waals surface area contributed by atoms with Gasteiger partial charge in [-0.25, -0.2) is 0 Å². The van der Waals surface area contributed by atoms with Gasteiger partial charge in [-0.2, -0.15) is 11.8 Å². The Hall–Kier alpha value is -2.60. The predicted octanol–water partition coefficient (Wildman–Crippen LogP) is 5.30. The lowest BCUT2D eigenvalue weighted by molar-refractivity contribution is -0.121. The molecule has 3 aromatic carbocycles. The quantitative estimate of drug-likeness (QED) is 0.518. The third kappa shape index (κ3) is 5.18. The zero-order valence-electron chi connectivity index (χ0n) is 17.0. The smallest absolute Gasteiger partial charge is 0.246 e. The number of rotatable bonds is 6. The Morgan fingerprint density at radius 2 is 1.55 bits per heavy atom. The fourth-order valence-electron chi connectivity index (χ4n) is 3.76. The van der Waals surface area contributed by atoms with Crippen LogP contribution in [0, 0.1) is 0 Å². The first-order valence-electron chi connectivity index (χ1n) is 10.2. The Morgan fingerprint density at radius 1 is 0.903 bits per heavy atom. The van der Waals surface area contributed by atoms with Crippen LogP contribution >= 0.6 is 23.4 Å². The van der Waals surface area contributed by atoms with E-state index in [9.17, 15) is 9.59 Å². The van der Waals surface area contributed by atoms with Crippen molar-refractivity contribution in [3.05, 3.63) is 101 Å². The summed E-state index contributed by atoms with van der Waals surface area (Å²) in [4.78, 5) is 28.8. The van der Waals surface area contributed by atoms with Crippen LogP contribution in [0.1, 0.15) is 27.5 Å². The summed E-state index contributed by atoms with van der Waals surface area (Å²) in [5.74, 6) is 1.66. The molecule has 0 radical (unpaired) electrons. The highest BCUT2D eigenvalue weighted by Gasteiger charge is 2.29. The van der Waals surface area contributed by atoms with Crippen LogP contribution in [-0.4, -0.2) is 41.2 Å². The van der Waals surface area contributed by atoms with Crippen LogP contribution in [0.2, 0.25) is 5.02 Å². The average Bonchev–Trinajstić information content (AvgIpc) is 2.82. The van der Waals surface area contributed by atoms with Gasteiger partial charge in [-0.1, -0.05) is 72.3 Å². The van der Waals surface area contributed by atoms with Crippen LogP contribution in [0.25, 0.3) is 0 Å². The lowest BCUT2D eigenvalue weighted by atomic mass is 10.0. The number of hydrogen-bond acceptors (Lipinski definition) is 4. The van der Waals surface area contributed by atoms with E-state index >= 15 is 0 Å². The number of anilines is 1. The molecule has 31 heavy (non-hydrogen) atoms. The second-order valence-electron chi connectivity index (χ2n) is 7.34. The Morgan fingerprint density at radius 3 is 2.23 bits per heavy atom. The molecule has 1 amide bonds. The van der Waals surface area contributed by atoms with Crippen LogP contribution in [0.4, 0.5) is 5.69 Å². The Kier molecular flexibility index (Phi) is 7.07. The van der Waals surface area contributed by atoms with Gasteiger partial charge >= 0.3 is 0 Å². The first kappa shape index (κ1) is 21.6. The van der Waals surface area contributed by atoms with E-state index in [1.165, 1.54) is 0 Å². The number of halogens is 1. The SMILES string of the molecule is O=C(c1ccccc1)c1cc(Cl)ccc1NC(=O)C(c1ccccc1)N1CCSCC1. The summed E-state index contributed by atoms with van der Waals surface area (Å²) in [5.41, 5.74) is 2.34. The molecule has 4 nitrogen and oxygen atoms in total. The van der Waals surface area contributed by atoms with E-state index in [-0.39, 0.29) is 11.7 Å². The molecule has 0 spiro atoms. The third-order valence-corrected chi connectivity index (χ3v) is 6.47.